The predicted octanol–water partition coefficient (Wildman–Crippen LogP) is -2.49. The molecule has 5 heterocycles. The van der Waals surface area contributed by atoms with E-state index in [-0.39, 0.29) is 59.2 Å². The van der Waals surface area contributed by atoms with Gasteiger partial charge in [-0.3, -0.25) is 24.3 Å². The van der Waals surface area contributed by atoms with Gasteiger partial charge in [0.25, 0.3) is 11.8 Å². The Morgan fingerprint density at radius 1 is 1.31 bits per heavy atom. The minimum Gasteiger partial charge on any atom is -1.00 e. The number of allylic oxidation sites excluding steroid dienone is 1. The predicted molar refractivity (Wildman–Crippen MR) is 138 cm³/mol. The van der Waals surface area contributed by atoms with Crippen LogP contribution >= 0.6 is 23.1 Å². The van der Waals surface area contributed by atoms with E-state index in [1.807, 2.05) is 12.1 Å². The molecule has 39 heavy (non-hydrogen) atoms. The Kier molecular flexibility index (Phi) is 8.76. The van der Waals surface area contributed by atoms with Gasteiger partial charge in [0.2, 0.25) is 5.91 Å². The molecule has 3 aliphatic heterocycles. The number of fused-ring (bicyclic) bond motifs is 1. The van der Waals surface area contributed by atoms with E-state index in [1.165, 1.54) is 17.1 Å². The van der Waals surface area contributed by atoms with Crippen LogP contribution in [0.25, 0.3) is 0 Å². The third-order valence-corrected chi connectivity index (χ3v) is 8.23. The van der Waals surface area contributed by atoms with E-state index < -0.39 is 34.9 Å². The molecule has 2 saturated heterocycles. The number of carboxylic acid groups (broad SMARTS) is 1. The van der Waals surface area contributed by atoms with Crippen LogP contribution in [0.2, 0.25) is 0 Å². The smallest absolute Gasteiger partial charge is 1.00 e. The number of pyridine rings is 1. The Bertz CT molecular complexity index is 1430. The van der Waals surface area contributed by atoms with Gasteiger partial charge >= 0.3 is 35.5 Å². The van der Waals surface area contributed by atoms with Gasteiger partial charge in [0, 0.05) is 42.2 Å². The monoisotopic (exact) mass is 579 g/mol. The number of β-lactam (4-membered cyclic amide) rings is 1. The number of carbonyl (C=O) groups excluding carboxylic acids is 3. The fraction of sp³-hybridized carbons (Fsp3) is 0.261. The molecular weight excluding hydrogens is 557 g/mol. The van der Waals surface area contributed by atoms with E-state index in [4.69, 9.17) is 5.73 Å². The largest absolute Gasteiger partial charge is 1.00 e. The summed E-state index contributed by atoms with van der Waals surface area (Å²) in [6.07, 6.45) is 5.31. The number of nitrogens with one attached hydrogen (secondary N) is 1. The summed E-state index contributed by atoms with van der Waals surface area (Å²) in [4.78, 5) is 61.4. The van der Waals surface area contributed by atoms with Crippen molar-refractivity contribution in [3.63, 3.8) is 0 Å². The van der Waals surface area contributed by atoms with Crippen LogP contribution in [0.4, 0.5) is 5.13 Å². The van der Waals surface area contributed by atoms with Crippen molar-refractivity contribution in [1.82, 2.24) is 25.1 Å². The number of hydrogen-bond acceptors (Lipinski definition) is 11. The number of nitrogen functional groups attached to an aromatic ring is 1. The molecule has 0 aliphatic carbocycles. The molecule has 16 heteroatoms. The standard InChI is InChI=1S/C23H21N7O6S2.Na.H/c24-23-26-14(10-38-23)15(28-36)18(31)27-16-20(33)30-17(22(34)35)13(9-37-21(16)30)7-12-3-6-29(19(12)32)8-11-1-4-25-5-2-11;;/h1-2,4-5,7,10,16,21,36H,3,6,8-9H2,(H2,24,26)(H,27,31)(H,34,35);;/q;+1;-1/b12-7?,28-15-;;/t16-,21-;;/m1../s1. The number of nitrogens with zero attached hydrogens (tertiary/aromatic N) is 5. The van der Waals surface area contributed by atoms with E-state index in [0.29, 0.717) is 30.7 Å². The number of carboxylic acids is 1. The van der Waals surface area contributed by atoms with Gasteiger partial charge in [-0.15, -0.1) is 23.1 Å². The molecule has 2 aromatic heterocycles. The zero-order valence-electron chi connectivity index (χ0n) is 21.6. The van der Waals surface area contributed by atoms with Gasteiger partial charge in [-0.05, 0) is 35.8 Å². The fourth-order valence-corrected chi connectivity index (χ4v) is 6.30. The minimum absolute atomic E-state index is 0. The van der Waals surface area contributed by atoms with Crippen LogP contribution in [-0.4, -0.2) is 83.2 Å². The number of anilines is 1. The molecule has 0 aromatic carbocycles. The van der Waals surface area contributed by atoms with Gasteiger partial charge < -0.3 is 27.7 Å². The molecular formula is C23H22N7NaO6S2. The summed E-state index contributed by atoms with van der Waals surface area (Å²) in [6.45, 7) is 0.910. The molecule has 2 atom stereocenters. The van der Waals surface area contributed by atoms with Crippen molar-refractivity contribution in [1.29, 1.82) is 0 Å². The molecule has 0 spiro atoms. The number of aliphatic carboxylic acids is 1. The molecule has 2 aromatic rings. The van der Waals surface area contributed by atoms with Crippen molar-refractivity contribution in [2.45, 2.75) is 24.4 Å². The van der Waals surface area contributed by atoms with Crippen molar-refractivity contribution < 1.29 is 60.5 Å². The number of aromatic nitrogens is 2. The Labute approximate surface area is 253 Å². The summed E-state index contributed by atoms with van der Waals surface area (Å²) < 4.78 is 0. The summed E-state index contributed by atoms with van der Waals surface area (Å²) >= 11 is 2.31. The van der Waals surface area contributed by atoms with Gasteiger partial charge in [0.05, 0.1) is 0 Å². The molecule has 5 N–H and O–H groups in total. The molecule has 13 nitrogen and oxygen atoms in total. The summed E-state index contributed by atoms with van der Waals surface area (Å²) in [7, 11) is 0. The van der Waals surface area contributed by atoms with E-state index in [2.05, 4.69) is 20.4 Å². The van der Waals surface area contributed by atoms with E-state index >= 15 is 0 Å². The summed E-state index contributed by atoms with van der Waals surface area (Å²) in [6, 6.07) is 2.61. The number of hydrogen-bond donors (Lipinski definition) is 4. The number of amides is 3. The number of thioether (sulfide) groups is 1. The van der Waals surface area contributed by atoms with Crippen LogP contribution < -0.4 is 40.6 Å². The Morgan fingerprint density at radius 2 is 2.05 bits per heavy atom. The van der Waals surface area contributed by atoms with Crippen LogP contribution in [-0.2, 0) is 25.7 Å². The normalized spacial score (nSPS) is 21.9. The number of thiazole rings is 1. The molecule has 3 amide bonds. The van der Waals surface area contributed by atoms with Crippen molar-refractivity contribution in [2.24, 2.45) is 5.16 Å². The fourth-order valence-electron chi connectivity index (χ4n) is 4.44. The van der Waals surface area contributed by atoms with Crippen molar-refractivity contribution in [2.75, 3.05) is 18.0 Å². The van der Waals surface area contributed by atoms with Crippen LogP contribution in [0.15, 0.2) is 58.0 Å². The van der Waals surface area contributed by atoms with Gasteiger partial charge in [-0.1, -0.05) is 5.16 Å². The Hall–Kier alpha value is -3.24. The molecule has 0 unspecified atom stereocenters. The van der Waals surface area contributed by atoms with Crippen LogP contribution in [0.5, 0.6) is 0 Å². The molecule has 0 saturated carbocycles. The van der Waals surface area contributed by atoms with Gasteiger partial charge in [0.15, 0.2) is 10.8 Å². The average molecular weight is 580 g/mol. The first-order valence-corrected chi connectivity index (χ1v) is 13.3. The van der Waals surface area contributed by atoms with Crippen LogP contribution in [0.3, 0.4) is 0 Å². The first-order chi connectivity index (χ1) is 18.3. The molecule has 2 fully saturated rings. The summed E-state index contributed by atoms with van der Waals surface area (Å²) in [5, 5.41) is 25.6. The zero-order valence-corrected chi connectivity index (χ0v) is 24.2. The first kappa shape index (κ1) is 28.8. The third-order valence-electron chi connectivity index (χ3n) is 6.25. The Balaban J connectivity index is 0.00000220. The molecule has 198 valence electrons. The summed E-state index contributed by atoms with van der Waals surface area (Å²) in [5.41, 5.74) is 6.73. The van der Waals surface area contributed by atoms with Gasteiger partial charge in [-0.25, -0.2) is 9.78 Å². The molecule has 5 rings (SSSR count). The number of carbonyl (C=O) groups is 4. The third kappa shape index (κ3) is 5.58. The second-order valence-corrected chi connectivity index (χ2v) is 10.6. The maximum atomic E-state index is 13.0. The van der Waals surface area contributed by atoms with E-state index in [1.54, 1.807) is 23.4 Å². The van der Waals surface area contributed by atoms with Crippen molar-refractivity contribution >= 4 is 57.6 Å². The van der Waals surface area contributed by atoms with Crippen LogP contribution in [0.1, 0.15) is 19.1 Å². The zero-order chi connectivity index (χ0) is 27.0. The number of likely N-dealkylation sites (tertiary alicyclic amines) is 1. The summed E-state index contributed by atoms with van der Waals surface area (Å²) in [5.74, 6) is -2.76. The molecule has 0 bridgehead atoms. The topological polar surface area (TPSA) is 191 Å². The van der Waals surface area contributed by atoms with E-state index in [9.17, 15) is 29.5 Å². The van der Waals surface area contributed by atoms with Crippen LogP contribution in [0, 0.1) is 0 Å². The van der Waals surface area contributed by atoms with Gasteiger partial charge in [0.1, 0.15) is 22.8 Å². The Morgan fingerprint density at radius 3 is 2.69 bits per heavy atom. The second kappa shape index (κ2) is 11.9. The number of nitrogens with two attached hydrogens (primary N) is 1. The minimum atomic E-state index is -1.31. The average Bonchev–Trinajstić information content (AvgIpc) is 3.48. The number of rotatable bonds is 7. The second-order valence-electron chi connectivity index (χ2n) is 8.56. The quantitative estimate of drug-likeness (QED) is 0.0682. The van der Waals surface area contributed by atoms with Crippen molar-refractivity contribution in [3.05, 3.63) is 64.1 Å². The van der Waals surface area contributed by atoms with E-state index in [0.717, 1.165) is 21.8 Å². The maximum absolute atomic E-state index is 13.0. The molecule has 3 aliphatic rings. The van der Waals surface area contributed by atoms with Gasteiger partial charge in [-0.2, -0.15) is 0 Å². The number of oxime groups is 1. The first-order valence-electron chi connectivity index (χ1n) is 11.3. The SMILES string of the molecule is Nc1nc(/C(=N/O)C(=O)N[C@@H]2C(=O)N3C(C(=O)O)=C(C=C4CCN(Cc5ccncc5)C4=O)CS[C@H]23)cs1.[H-].[Na+]. The van der Waals surface area contributed by atoms with Crippen molar-refractivity contribution in [3.8, 4) is 0 Å². The molecule has 0 radical (unpaired) electrons. The maximum Gasteiger partial charge on any atom is 1.00 e.